The molecule has 1 atom stereocenters. The SMILES string of the molecule is NNC(Cc1ccccc1Br)c1cc2cc(F)ccc2s1. The summed E-state index contributed by atoms with van der Waals surface area (Å²) in [4.78, 5) is 1.11. The second-order valence-electron chi connectivity index (χ2n) is 4.85. The molecule has 0 radical (unpaired) electrons. The molecule has 0 aliphatic rings. The third-order valence-electron chi connectivity index (χ3n) is 3.42. The first-order valence-corrected chi connectivity index (χ1v) is 8.17. The number of fused-ring (bicyclic) bond motifs is 1. The fourth-order valence-corrected chi connectivity index (χ4v) is 3.88. The lowest BCUT2D eigenvalue weighted by molar-refractivity contribution is 0.560. The summed E-state index contributed by atoms with van der Waals surface area (Å²) in [6.45, 7) is 0. The van der Waals surface area contributed by atoms with Crippen molar-refractivity contribution in [1.29, 1.82) is 0 Å². The lowest BCUT2D eigenvalue weighted by Crippen LogP contribution is -2.29. The van der Waals surface area contributed by atoms with Crippen molar-refractivity contribution in [3.8, 4) is 0 Å². The molecule has 3 aromatic rings. The van der Waals surface area contributed by atoms with Crippen LogP contribution in [-0.4, -0.2) is 0 Å². The molecule has 1 heterocycles. The fourth-order valence-electron chi connectivity index (χ4n) is 2.33. The van der Waals surface area contributed by atoms with Gasteiger partial charge in [-0.1, -0.05) is 34.1 Å². The Labute approximate surface area is 134 Å². The second-order valence-corrected chi connectivity index (χ2v) is 6.82. The minimum absolute atomic E-state index is 0.00385. The molecule has 2 nitrogen and oxygen atoms in total. The smallest absolute Gasteiger partial charge is 0.123 e. The highest BCUT2D eigenvalue weighted by atomic mass is 79.9. The van der Waals surface area contributed by atoms with Crippen LogP contribution < -0.4 is 11.3 Å². The van der Waals surface area contributed by atoms with E-state index in [-0.39, 0.29) is 11.9 Å². The van der Waals surface area contributed by atoms with Crippen molar-refractivity contribution in [2.75, 3.05) is 0 Å². The van der Waals surface area contributed by atoms with Crippen LogP contribution in [0.5, 0.6) is 0 Å². The van der Waals surface area contributed by atoms with Gasteiger partial charge < -0.3 is 0 Å². The first-order chi connectivity index (χ1) is 10.2. The minimum atomic E-state index is -0.213. The maximum atomic E-state index is 13.3. The highest BCUT2D eigenvalue weighted by Gasteiger charge is 2.15. The van der Waals surface area contributed by atoms with Gasteiger partial charge in [-0.15, -0.1) is 11.3 Å². The van der Waals surface area contributed by atoms with Crippen LogP contribution in [0.15, 0.2) is 53.0 Å². The number of nitrogens with two attached hydrogens (primary N) is 1. The molecule has 0 aliphatic heterocycles. The van der Waals surface area contributed by atoms with E-state index in [2.05, 4.69) is 27.4 Å². The number of hydrogen-bond donors (Lipinski definition) is 2. The molecule has 2 aromatic carbocycles. The predicted molar refractivity (Wildman–Crippen MR) is 89.7 cm³/mol. The Balaban J connectivity index is 1.93. The molecule has 0 saturated heterocycles. The summed E-state index contributed by atoms with van der Waals surface area (Å²) in [7, 11) is 0. The van der Waals surface area contributed by atoms with Gasteiger partial charge in [-0.25, -0.2) is 4.39 Å². The van der Waals surface area contributed by atoms with Crippen molar-refractivity contribution in [3.63, 3.8) is 0 Å². The number of thiophene rings is 1. The molecule has 3 N–H and O–H groups in total. The molecule has 3 rings (SSSR count). The van der Waals surface area contributed by atoms with E-state index in [0.29, 0.717) is 0 Å². The van der Waals surface area contributed by atoms with Gasteiger partial charge in [-0.3, -0.25) is 11.3 Å². The average Bonchev–Trinajstić information content (AvgIpc) is 2.89. The highest BCUT2D eigenvalue weighted by molar-refractivity contribution is 9.10. The number of nitrogens with one attached hydrogen (secondary N) is 1. The van der Waals surface area contributed by atoms with Crippen LogP contribution in [0.2, 0.25) is 0 Å². The van der Waals surface area contributed by atoms with Crippen LogP contribution in [0.25, 0.3) is 10.1 Å². The molecular formula is C16H14BrFN2S. The van der Waals surface area contributed by atoms with Gasteiger partial charge in [0, 0.05) is 14.0 Å². The van der Waals surface area contributed by atoms with Crippen LogP contribution in [0.1, 0.15) is 16.5 Å². The predicted octanol–water partition coefficient (Wildman–Crippen LogP) is 4.55. The first kappa shape index (κ1) is 14.7. The van der Waals surface area contributed by atoms with Gasteiger partial charge in [0.25, 0.3) is 0 Å². The lowest BCUT2D eigenvalue weighted by Gasteiger charge is -2.15. The molecule has 5 heteroatoms. The van der Waals surface area contributed by atoms with Crippen molar-refractivity contribution in [2.24, 2.45) is 5.84 Å². The molecule has 0 bridgehead atoms. The summed E-state index contributed by atoms with van der Waals surface area (Å²) >= 11 is 5.20. The summed E-state index contributed by atoms with van der Waals surface area (Å²) in [6.07, 6.45) is 0.771. The van der Waals surface area contributed by atoms with Crippen molar-refractivity contribution in [2.45, 2.75) is 12.5 Å². The first-order valence-electron chi connectivity index (χ1n) is 6.56. The second kappa shape index (κ2) is 6.23. The summed E-state index contributed by atoms with van der Waals surface area (Å²) in [5, 5.41) is 0.919. The van der Waals surface area contributed by atoms with Gasteiger partial charge in [0.1, 0.15) is 5.82 Å². The van der Waals surface area contributed by atoms with E-state index in [0.717, 1.165) is 25.9 Å². The van der Waals surface area contributed by atoms with Gasteiger partial charge in [0.2, 0.25) is 0 Å². The fraction of sp³-hybridized carbons (Fsp3) is 0.125. The van der Waals surface area contributed by atoms with E-state index < -0.39 is 0 Å². The Morgan fingerprint density at radius 1 is 1.19 bits per heavy atom. The lowest BCUT2D eigenvalue weighted by atomic mass is 10.0. The quantitative estimate of drug-likeness (QED) is 0.526. The molecule has 1 aromatic heterocycles. The van der Waals surface area contributed by atoms with E-state index >= 15 is 0 Å². The minimum Gasteiger partial charge on any atom is -0.271 e. The average molecular weight is 365 g/mol. The van der Waals surface area contributed by atoms with Gasteiger partial charge in [0.15, 0.2) is 0 Å². The molecule has 0 aliphatic carbocycles. The third kappa shape index (κ3) is 3.16. The van der Waals surface area contributed by atoms with Gasteiger partial charge >= 0.3 is 0 Å². The van der Waals surface area contributed by atoms with E-state index in [1.54, 1.807) is 17.4 Å². The molecule has 0 amide bonds. The van der Waals surface area contributed by atoms with Crippen molar-refractivity contribution in [1.82, 2.24) is 5.43 Å². The number of hydrogen-bond acceptors (Lipinski definition) is 3. The maximum absolute atomic E-state index is 13.3. The van der Waals surface area contributed by atoms with Crippen molar-refractivity contribution >= 4 is 37.4 Å². The van der Waals surface area contributed by atoms with Gasteiger partial charge in [-0.05, 0) is 47.7 Å². The van der Waals surface area contributed by atoms with Gasteiger partial charge in [-0.2, -0.15) is 0 Å². The Kier molecular flexibility index (Phi) is 4.35. The zero-order valence-corrected chi connectivity index (χ0v) is 13.5. The molecule has 0 spiro atoms. The molecular weight excluding hydrogens is 351 g/mol. The van der Waals surface area contributed by atoms with Gasteiger partial charge in [0.05, 0.1) is 6.04 Å². The summed E-state index contributed by atoms with van der Waals surface area (Å²) in [6, 6.07) is 14.9. The molecule has 0 fully saturated rings. The monoisotopic (exact) mass is 364 g/mol. The highest BCUT2D eigenvalue weighted by Crippen LogP contribution is 2.32. The van der Waals surface area contributed by atoms with E-state index in [4.69, 9.17) is 5.84 Å². The Morgan fingerprint density at radius 2 is 2.00 bits per heavy atom. The maximum Gasteiger partial charge on any atom is 0.123 e. The normalized spacial score (nSPS) is 12.7. The zero-order chi connectivity index (χ0) is 14.8. The van der Waals surface area contributed by atoms with E-state index in [1.165, 1.54) is 11.6 Å². The van der Waals surface area contributed by atoms with Crippen molar-refractivity contribution < 1.29 is 4.39 Å². The van der Waals surface area contributed by atoms with Crippen LogP contribution in [0.3, 0.4) is 0 Å². The Bertz CT molecular complexity index is 772. The topological polar surface area (TPSA) is 38.0 Å². The summed E-state index contributed by atoms with van der Waals surface area (Å²) in [5.41, 5.74) is 4.05. The van der Waals surface area contributed by atoms with Crippen LogP contribution in [0.4, 0.5) is 4.39 Å². The molecule has 21 heavy (non-hydrogen) atoms. The summed E-state index contributed by atoms with van der Waals surface area (Å²) < 4.78 is 15.4. The zero-order valence-electron chi connectivity index (χ0n) is 11.1. The number of halogens is 2. The Hall–Kier alpha value is -1.27. The van der Waals surface area contributed by atoms with E-state index in [1.807, 2.05) is 30.3 Å². The van der Waals surface area contributed by atoms with Crippen LogP contribution >= 0.6 is 27.3 Å². The summed E-state index contributed by atoms with van der Waals surface area (Å²) in [5.74, 6) is 5.51. The number of benzene rings is 2. The van der Waals surface area contributed by atoms with Crippen LogP contribution in [0, 0.1) is 5.82 Å². The molecule has 108 valence electrons. The Morgan fingerprint density at radius 3 is 2.76 bits per heavy atom. The standard InChI is InChI=1S/C16H14BrFN2S/c17-13-4-2-1-3-10(13)8-14(20-19)16-9-11-7-12(18)5-6-15(11)21-16/h1-7,9,14,20H,8,19H2. The number of rotatable bonds is 4. The number of hydrazine groups is 1. The molecule has 0 saturated carbocycles. The largest absolute Gasteiger partial charge is 0.271 e. The third-order valence-corrected chi connectivity index (χ3v) is 5.43. The van der Waals surface area contributed by atoms with Crippen molar-refractivity contribution in [3.05, 3.63) is 69.3 Å². The van der Waals surface area contributed by atoms with E-state index in [9.17, 15) is 4.39 Å². The molecule has 1 unspecified atom stereocenters. The van der Waals surface area contributed by atoms with Crippen LogP contribution in [-0.2, 0) is 6.42 Å².